The van der Waals surface area contributed by atoms with E-state index in [0.29, 0.717) is 25.8 Å². The van der Waals surface area contributed by atoms with E-state index in [1.165, 1.54) is 0 Å². The summed E-state index contributed by atoms with van der Waals surface area (Å²) < 4.78 is 25.8. The summed E-state index contributed by atoms with van der Waals surface area (Å²) in [4.78, 5) is 13.3. The number of hydrogen-bond acceptors (Lipinski definition) is 3. The normalized spacial score (nSPS) is 15.1. The van der Waals surface area contributed by atoms with Gasteiger partial charge in [-0.3, -0.25) is 4.79 Å². The highest BCUT2D eigenvalue weighted by molar-refractivity contribution is 7.89. The topological polar surface area (TPSA) is 66.5 Å². The molecule has 1 aliphatic heterocycles. The van der Waals surface area contributed by atoms with Gasteiger partial charge in [0.05, 0.1) is 5.75 Å². The molecule has 1 amide bonds. The molecule has 5 nitrogen and oxygen atoms in total. The van der Waals surface area contributed by atoms with Crippen LogP contribution in [0.5, 0.6) is 0 Å². The fourth-order valence-corrected chi connectivity index (χ4v) is 3.65. The fraction of sp³-hybridized carbons (Fsp3) is 0.533. The first kappa shape index (κ1) is 16.0. The number of nitrogens with one attached hydrogen (secondary N) is 1. The monoisotopic (exact) mass is 310 g/mol. The van der Waals surface area contributed by atoms with Gasteiger partial charge >= 0.3 is 0 Å². The van der Waals surface area contributed by atoms with Gasteiger partial charge < -0.3 is 4.90 Å². The maximum absolute atomic E-state index is 11.6. The number of fused-ring (bicyclic) bond motifs is 1. The molecule has 0 aromatic heterocycles. The van der Waals surface area contributed by atoms with Gasteiger partial charge in [0.15, 0.2) is 0 Å². The summed E-state index contributed by atoms with van der Waals surface area (Å²) in [6, 6.07) is 5.98. The second-order valence-corrected chi connectivity index (χ2v) is 7.31. The number of nitrogens with zero attached hydrogens (tertiary/aromatic N) is 1. The Balaban J connectivity index is 1.99. The number of aryl methyl sites for hydroxylation is 1. The highest BCUT2D eigenvalue weighted by Crippen LogP contribution is 2.27. The highest BCUT2D eigenvalue weighted by atomic mass is 32.2. The SMILES string of the molecule is CCCS(=O)(=O)NCCc1ccc2c(c1)CCC(=O)N2C. The number of carbonyl (C=O) groups excluding carboxylic acids is 1. The van der Waals surface area contributed by atoms with Crippen LogP contribution < -0.4 is 9.62 Å². The Morgan fingerprint density at radius 2 is 2.05 bits per heavy atom. The smallest absolute Gasteiger partial charge is 0.227 e. The summed E-state index contributed by atoms with van der Waals surface area (Å²) in [6.07, 6.45) is 2.58. The maximum atomic E-state index is 11.6. The predicted octanol–water partition coefficient (Wildman–Crippen LogP) is 1.47. The molecule has 1 aliphatic rings. The van der Waals surface area contributed by atoms with Crippen LogP contribution in [0.15, 0.2) is 18.2 Å². The average molecular weight is 310 g/mol. The fourth-order valence-electron chi connectivity index (χ4n) is 2.56. The second kappa shape index (κ2) is 6.58. The number of benzene rings is 1. The molecule has 0 bridgehead atoms. The van der Waals surface area contributed by atoms with E-state index in [1.807, 2.05) is 19.1 Å². The van der Waals surface area contributed by atoms with Crippen molar-refractivity contribution in [1.82, 2.24) is 4.72 Å². The van der Waals surface area contributed by atoms with Gasteiger partial charge in [0.2, 0.25) is 15.9 Å². The summed E-state index contributed by atoms with van der Waals surface area (Å²) in [5.74, 6) is 0.312. The zero-order chi connectivity index (χ0) is 15.5. The van der Waals surface area contributed by atoms with Crippen LogP contribution in [0.3, 0.4) is 0 Å². The zero-order valence-electron chi connectivity index (χ0n) is 12.6. The van der Waals surface area contributed by atoms with Gasteiger partial charge in [0, 0.05) is 25.7 Å². The number of anilines is 1. The quantitative estimate of drug-likeness (QED) is 0.865. The molecule has 0 unspecified atom stereocenters. The Morgan fingerprint density at radius 3 is 2.76 bits per heavy atom. The summed E-state index contributed by atoms with van der Waals surface area (Å²) in [5, 5.41) is 0. The van der Waals surface area contributed by atoms with Crippen molar-refractivity contribution in [2.24, 2.45) is 0 Å². The molecule has 116 valence electrons. The van der Waals surface area contributed by atoms with Crippen molar-refractivity contribution in [2.75, 3.05) is 24.2 Å². The largest absolute Gasteiger partial charge is 0.315 e. The number of rotatable bonds is 6. The van der Waals surface area contributed by atoms with E-state index in [9.17, 15) is 13.2 Å². The minimum atomic E-state index is -3.14. The lowest BCUT2D eigenvalue weighted by Crippen LogP contribution is -2.31. The van der Waals surface area contributed by atoms with Crippen molar-refractivity contribution >= 4 is 21.6 Å². The van der Waals surface area contributed by atoms with E-state index in [1.54, 1.807) is 11.9 Å². The number of carbonyl (C=O) groups is 1. The number of hydrogen-bond donors (Lipinski definition) is 1. The molecular weight excluding hydrogens is 288 g/mol. The molecule has 6 heteroatoms. The second-order valence-electron chi connectivity index (χ2n) is 5.38. The van der Waals surface area contributed by atoms with Crippen LogP contribution in [0.25, 0.3) is 0 Å². The summed E-state index contributed by atoms with van der Waals surface area (Å²) >= 11 is 0. The van der Waals surface area contributed by atoms with Crippen LogP contribution in [0, 0.1) is 0 Å². The summed E-state index contributed by atoms with van der Waals surface area (Å²) in [5.41, 5.74) is 3.21. The van der Waals surface area contributed by atoms with Gasteiger partial charge in [0.1, 0.15) is 0 Å². The molecule has 21 heavy (non-hydrogen) atoms. The molecule has 1 aromatic rings. The van der Waals surface area contributed by atoms with Crippen LogP contribution in [0.2, 0.25) is 0 Å². The molecule has 0 saturated carbocycles. The Hall–Kier alpha value is -1.40. The Labute approximate surface area is 126 Å². The molecule has 1 aromatic carbocycles. The van der Waals surface area contributed by atoms with E-state index in [0.717, 1.165) is 23.2 Å². The number of sulfonamides is 1. The summed E-state index contributed by atoms with van der Waals surface area (Å²) in [7, 11) is -1.35. The standard InChI is InChI=1S/C15H22N2O3S/c1-3-10-21(19,20)16-9-8-12-4-6-14-13(11-12)5-7-15(18)17(14)2/h4,6,11,16H,3,5,7-10H2,1-2H3. The Morgan fingerprint density at radius 1 is 1.29 bits per heavy atom. The molecule has 0 saturated heterocycles. The van der Waals surface area contributed by atoms with Crippen LogP contribution in [0.4, 0.5) is 5.69 Å². The minimum Gasteiger partial charge on any atom is -0.315 e. The van der Waals surface area contributed by atoms with Gasteiger partial charge in [-0.05, 0) is 36.5 Å². The first-order valence-corrected chi connectivity index (χ1v) is 8.94. The third kappa shape index (κ3) is 4.04. The van der Waals surface area contributed by atoms with Gasteiger partial charge in [-0.15, -0.1) is 0 Å². The average Bonchev–Trinajstić information content (AvgIpc) is 2.43. The molecule has 0 fully saturated rings. The van der Waals surface area contributed by atoms with Gasteiger partial charge in [-0.2, -0.15) is 0 Å². The lowest BCUT2D eigenvalue weighted by atomic mass is 9.98. The molecule has 0 aliphatic carbocycles. The lowest BCUT2D eigenvalue weighted by molar-refractivity contribution is -0.118. The van der Waals surface area contributed by atoms with Crippen LogP contribution >= 0.6 is 0 Å². The Bertz CT molecular complexity index is 626. The van der Waals surface area contributed by atoms with Crippen LogP contribution in [-0.2, 0) is 27.7 Å². The van der Waals surface area contributed by atoms with E-state index in [-0.39, 0.29) is 11.7 Å². The maximum Gasteiger partial charge on any atom is 0.227 e. The van der Waals surface area contributed by atoms with E-state index < -0.39 is 10.0 Å². The van der Waals surface area contributed by atoms with Gasteiger partial charge in [0.25, 0.3) is 0 Å². The molecule has 0 spiro atoms. The van der Waals surface area contributed by atoms with Gasteiger partial charge in [-0.1, -0.05) is 19.1 Å². The van der Waals surface area contributed by atoms with E-state index in [2.05, 4.69) is 10.8 Å². The highest BCUT2D eigenvalue weighted by Gasteiger charge is 2.20. The molecular formula is C15H22N2O3S. The van der Waals surface area contributed by atoms with Crippen molar-refractivity contribution in [2.45, 2.75) is 32.6 Å². The van der Waals surface area contributed by atoms with Crippen molar-refractivity contribution < 1.29 is 13.2 Å². The third-order valence-electron chi connectivity index (χ3n) is 3.70. The van der Waals surface area contributed by atoms with Crippen molar-refractivity contribution in [1.29, 1.82) is 0 Å². The van der Waals surface area contributed by atoms with Crippen molar-refractivity contribution in [3.63, 3.8) is 0 Å². The van der Waals surface area contributed by atoms with E-state index in [4.69, 9.17) is 0 Å². The summed E-state index contributed by atoms with van der Waals surface area (Å²) in [6.45, 7) is 2.26. The third-order valence-corrected chi connectivity index (χ3v) is 5.29. The number of amides is 1. The lowest BCUT2D eigenvalue weighted by Gasteiger charge is -2.26. The molecule has 1 heterocycles. The van der Waals surface area contributed by atoms with Gasteiger partial charge in [-0.25, -0.2) is 13.1 Å². The van der Waals surface area contributed by atoms with Crippen molar-refractivity contribution in [3.05, 3.63) is 29.3 Å². The Kier molecular flexibility index (Phi) is 5.00. The predicted molar refractivity (Wildman–Crippen MR) is 84.0 cm³/mol. The molecule has 0 radical (unpaired) electrons. The van der Waals surface area contributed by atoms with Crippen LogP contribution in [-0.4, -0.2) is 33.7 Å². The molecule has 2 rings (SSSR count). The van der Waals surface area contributed by atoms with Crippen molar-refractivity contribution in [3.8, 4) is 0 Å². The first-order valence-electron chi connectivity index (χ1n) is 7.28. The van der Waals surface area contributed by atoms with E-state index >= 15 is 0 Å². The molecule has 1 N–H and O–H groups in total. The minimum absolute atomic E-state index is 0.141. The first-order chi connectivity index (χ1) is 9.93. The van der Waals surface area contributed by atoms with Crippen LogP contribution in [0.1, 0.15) is 30.9 Å². The molecule has 0 atom stereocenters. The zero-order valence-corrected chi connectivity index (χ0v) is 13.4.